The van der Waals surface area contributed by atoms with E-state index < -0.39 is 12.0 Å². The van der Waals surface area contributed by atoms with Gasteiger partial charge in [-0.25, -0.2) is 9.59 Å². The predicted molar refractivity (Wildman–Crippen MR) is 76.5 cm³/mol. The largest absolute Gasteiger partial charge is 0.478 e. The third-order valence-corrected chi connectivity index (χ3v) is 2.98. The lowest BCUT2D eigenvalue weighted by atomic mass is 10.1. The summed E-state index contributed by atoms with van der Waals surface area (Å²) in [4.78, 5) is 35.8. The molecule has 1 fully saturated rings. The second-order valence-corrected chi connectivity index (χ2v) is 5.22. The van der Waals surface area contributed by atoms with Crippen LogP contribution in [0.4, 0.5) is 4.79 Å². The summed E-state index contributed by atoms with van der Waals surface area (Å²) >= 11 is 0. The SMILES string of the molecule is CC(C)CN1C(=O)N/C(=C\c2ccc(C(=O)O)cc2)C1=O. The average Bonchev–Trinajstić information content (AvgIpc) is 2.67. The number of amides is 3. The maximum Gasteiger partial charge on any atom is 0.335 e. The highest BCUT2D eigenvalue weighted by Gasteiger charge is 2.33. The highest BCUT2D eigenvalue weighted by molar-refractivity contribution is 6.14. The minimum Gasteiger partial charge on any atom is -0.478 e. The zero-order chi connectivity index (χ0) is 15.6. The lowest BCUT2D eigenvalue weighted by Crippen LogP contribution is -2.34. The molecular formula is C15H16N2O4. The van der Waals surface area contributed by atoms with Crippen molar-refractivity contribution < 1.29 is 19.5 Å². The average molecular weight is 288 g/mol. The molecule has 1 aliphatic rings. The monoisotopic (exact) mass is 288 g/mol. The van der Waals surface area contributed by atoms with Gasteiger partial charge < -0.3 is 10.4 Å². The van der Waals surface area contributed by atoms with Crippen LogP contribution in [0.5, 0.6) is 0 Å². The Bertz CT molecular complexity index is 617. The van der Waals surface area contributed by atoms with Crippen LogP contribution in [0.3, 0.4) is 0 Å². The van der Waals surface area contributed by atoms with Crippen LogP contribution in [0.2, 0.25) is 0 Å². The van der Waals surface area contributed by atoms with E-state index in [0.29, 0.717) is 12.1 Å². The summed E-state index contributed by atoms with van der Waals surface area (Å²) in [5, 5.41) is 11.3. The van der Waals surface area contributed by atoms with Crippen molar-refractivity contribution in [2.75, 3.05) is 6.54 Å². The Morgan fingerprint density at radius 2 is 1.90 bits per heavy atom. The molecule has 0 saturated carbocycles. The molecule has 0 aromatic heterocycles. The predicted octanol–water partition coefficient (Wildman–Crippen LogP) is 1.93. The van der Waals surface area contributed by atoms with Gasteiger partial charge in [-0.1, -0.05) is 26.0 Å². The Labute approximate surface area is 122 Å². The number of nitrogens with one attached hydrogen (secondary N) is 1. The normalized spacial score (nSPS) is 16.7. The van der Waals surface area contributed by atoms with Gasteiger partial charge in [0, 0.05) is 6.54 Å². The number of imide groups is 1. The molecule has 2 N–H and O–H groups in total. The summed E-state index contributed by atoms with van der Waals surface area (Å²) in [7, 11) is 0. The van der Waals surface area contributed by atoms with Crippen molar-refractivity contribution in [2.45, 2.75) is 13.8 Å². The van der Waals surface area contributed by atoms with Gasteiger partial charge in [0.1, 0.15) is 5.70 Å². The fraction of sp³-hybridized carbons (Fsp3) is 0.267. The van der Waals surface area contributed by atoms with E-state index in [1.54, 1.807) is 12.1 Å². The summed E-state index contributed by atoms with van der Waals surface area (Å²) in [5.74, 6) is -1.19. The molecule has 1 aliphatic heterocycles. The minimum atomic E-state index is -1.01. The number of aromatic carboxylic acids is 1. The first-order valence-corrected chi connectivity index (χ1v) is 6.56. The van der Waals surface area contributed by atoms with Crippen LogP contribution < -0.4 is 5.32 Å². The molecule has 1 aromatic carbocycles. The van der Waals surface area contributed by atoms with Gasteiger partial charge in [0.2, 0.25) is 0 Å². The van der Waals surface area contributed by atoms with Crippen LogP contribution in [0.15, 0.2) is 30.0 Å². The summed E-state index contributed by atoms with van der Waals surface area (Å²) in [6, 6.07) is 5.63. The van der Waals surface area contributed by atoms with Gasteiger partial charge in [0.25, 0.3) is 5.91 Å². The Kier molecular flexibility index (Phi) is 4.07. The third kappa shape index (κ3) is 3.28. The quantitative estimate of drug-likeness (QED) is 0.654. The Morgan fingerprint density at radius 1 is 1.29 bits per heavy atom. The zero-order valence-corrected chi connectivity index (χ0v) is 11.8. The van der Waals surface area contributed by atoms with E-state index >= 15 is 0 Å². The van der Waals surface area contributed by atoms with Gasteiger partial charge >= 0.3 is 12.0 Å². The maximum atomic E-state index is 12.1. The topological polar surface area (TPSA) is 86.7 Å². The molecule has 1 aromatic rings. The number of nitrogens with zero attached hydrogens (tertiary/aromatic N) is 1. The lowest BCUT2D eigenvalue weighted by molar-refractivity contribution is -0.123. The second-order valence-electron chi connectivity index (χ2n) is 5.22. The first-order valence-electron chi connectivity index (χ1n) is 6.56. The molecule has 1 saturated heterocycles. The van der Waals surface area contributed by atoms with Crippen molar-refractivity contribution in [1.82, 2.24) is 10.2 Å². The summed E-state index contributed by atoms with van der Waals surface area (Å²) in [6.07, 6.45) is 1.53. The number of carbonyl (C=O) groups excluding carboxylic acids is 2. The Morgan fingerprint density at radius 3 is 2.43 bits per heavy atom. The first kappa shape index (κ1) is 14.8. The molecule has 110 valence electrons. The minimum absolute atomic E-state index is 0.167. The highest BCUT2D eigenvalue weighted by atomic mass is 16.4. The van der Waals surface area contributed by atoms with Gasteiger partial charge in [0.15, 0.2) is 0 Å². The molecule has 3 amide bonds. The van der Waals surface area contributed by atoms with Gasteiger partial charge in [-0.3, -0.25) is 9.69 Å². The molecule has 6 nitrogen and oxygen atoms in total. The molecule has 0 aliphatic carbocycles. The van der Waals surface area contributed by atoms with Gasteiger partial charge in [0.05, 0.1) is 5.56 Å². The van der Waals surface area contributed by atoms with Crippen molar-refractivity contribution in [1.29, 1.82) is 0 Å². The van der Waals surface area contributed by atoms with Gasteiger partial charge in [-0.2, -0.15) is 0 Å². The molecule has 6 heteroatoms. The number of urea groups is 1. The molecule has 0 atom stereocenters. The molecule has 2 rings (SSSR count). The van der Waals surface area contributed by atoms with Crippen molar-refractivity contribution in [3.8, 4) is 0 Å². The van der Waals surface area contributed by atoms with E-state index in [-0.39, 0.29) is 23.1 Å². The fourth-order valence-corrected chi connectivity index (χ4v) is 1.99. The van der Waals surface area contributed by atoms with Crippen LogP contribution in [-0.2, 0) is 4.79 Å². The van der Waals surface area contributed by atoms with Crippen LogP contribution >= 0.6 is 0 Å². The van der Waals surface area contributed by atoms with E-state index in [1.165, 1.54) is 23.1 Å². The molecule has 0 unspecified atom stereocenters. The van der Waals surface area contributed by atoms with Crippen LogP contribution in [0.25, 0.3) is 6.08 Å². The molecule has 1 heterocycles. The van der Waals surface area contributed by atoms with Crippen LogP contribution in [-0.4, -0.2) is 34.5 Å². The number of rotatable bonds is 4. The van der Waals surface area contributed by atoms with Crippen molar-refractivity contribution in [3.63, 3.8) is 0 Å². The maximum absolute atomic E-state index is 12.1. The fourth-order valence-electron chi connectivity index (χ4n) is 1.99. The van der Waals surface area contributed by atoms with Crippen molar-refractivity contribution in [3.05, 3.63) is 41.1 Å². The zero-order valence-electron chi connectivity index (χ0n) is 11.8. The van der Waals surface area contributed by atoms with E-state index in [2.05, 4.69) is 5.32 Å². The summed E-state index contributed by atoms with van der Waals surface area (Å²) in [6.45, 7) is 4.21. The van der Waals surface area contributed by atoms with E-state index in [4.69, 9.17) is 5.11 Å². The second kappa shape index (κ2) is 5.78. The lowest BCUT2D eigenvalue weighted by Gasteiger charge is -2.13. The number of hydrogen-bond donors (Lipinski definition) is 2. The highest BCUT2D eigenvalue weighted by Crippen LogP contribution is 2.16. The molecule has 0 bridgehead atoms. The van der Waals surface area contributed by atoms with E-state index in [0.717, 1.165) is 0 Å². The van der Waals surface area contributed by atoms with Crippen molar-refractivity contribution in [2.24, 2.45) is 5.92 Å². The first-order chi connectivity index (χ1) is 9.88. The van der Waals surface area contributed by atoms with E-state index in [1.807, 2.05) is 13.8 Å². The van der Waals surface area contributed by atoms with Gasteiger partial charge in [-0.05, 0) is 29.7 Å². The molecule has 0 spiro atoms. The molecular weight excluding hydrogens is 272 g/mol. The number of benzene rings is 1. The van der Waals surface area contributed by atoms with Crippen molar-refractivity contribution >= 4 is 24.0 Å². The molecule has 21 heavy (non-hydrogen) atoms. The van der Waals surface area contributed by atoms with Gasteiger partial charge in [-0.15, -0.1) is 0 Å². The van der Waals surface area contributed by atoms with Crippen LogP contribution in [0, 0.1) is 5.92 Å². The number of carboxylic acids is 1. The smallest absolute Gasteiger partial charge is 0.335 e. The van der Waals surface area contributed by atoms with E-state index in [9.17, 15) is 14.4 Å². The van der Waals surface area contributed by atoms with Crippen LogP contribution in [0.1, 0.15) is 29.8 Å². The summed E-state index contributed by atoms with van der Waals surface area (Å²) in [5.41, 5.74) is 1.01. The number of carbonyl (C=O) groups is 3. The Hall–Kier alpha value is -2.63. The third-order valence-electron chi connectivity index (χ3n) is 2.98. The number of carboxylic acid groups (broad SMARTS) is 1. The molecule has 0 radical (unpaired) electrons. The summed E-state index contributed by atoms with van der Waals surface area (Å²) < 4.78 is 0. The Balaban J connectivity index is 2.20. The standard InChI is InChI=1S/C15H16N2O4/c1-9(2)8-17-13(18)12(16-15(17)21)7-10-3-5-11(6-4-10)14(19)20/h3-7,9H,8H2,1-2H3,(H,16,21)(H,19,20)/b12-7-. The number of hydrogen-bond acceptors (Lipinski definition) is 3.